The second kappa shape index (κ2) is 8.73. The van der Waals surface area contributed by atoms with E-state index < -0.39 is 0 Å². The maximum Gasteiger partial charge on any atom is 0.0344 e. The van der Waals surface area contributed by atoms with Gasteiger partial charge in [0.2, 0.25) is 0 Å². The van der Waals surface area contributed by atoms with Gasteiger partial charge < -0.3 is 10.6 Å². The predicted octanol–water partition coefficient (Wildman–Crippen LogP) is 1.46. The molecule has 1 aromatic heterocycles. The SMILES string of the molecule is CN(C)C.I.Nc1ccncc1. The monoisotopic (exact) mass is 281 g/mol. The first-order valence-electron chi connectivity index (χ1n) is 3.39. The van der Waals surface area contributed by atoms with E-state index in [1.54, 1.807) is 24.5 Å². The third-order valence-electron chi connectivity index (χ3n) is 0.706. The van der Waals surface area contributed by atoms with Crippen molar-refractivity contribution in [3.05, 3.63) is 24.5 Å². The first-order valence-corrected chi connectivity index (χ1v) is 3.39. The van der Waals surface area contributed by atoms with E-state index in [1.807, 2.05) is 26.0 Å². The van der Waals surface area contributed by atoms with Crippen LogP contribution in [-0.4, -0.2) is 31.0 Å². The Morgan fingerprint density at radius 2 is 1.50 bits per heavy atom. The third kappa shape index (κ3) is 12.3. The molecule has 1 rings (SSSR count). The molecule has 3 nitrogen and oxygen atoms in total. The summed E-state index contributed by atoms with van der Waals surface area (Å²) in [5.74, 6) is 0. The van der Waals surface area contributed by atoms with Crippen LogP contribution in [0.4, 0.5) is 5.69 Å². The number of nitrogens with two attached hydrogens (primary N) is 1. The Labute approximate surface area is 91.0 Å². The minimum Gasteiger partial charge on any atom is -0.399 e. The molecule has 1 aromatic rings. The van der Waals surface area contributed by atoms with Crippen LogP contribution in [0.15, 0.2) is 24.5 Å². The fourth-order valence-corrected chi connectivity index (χ4v) is 0.363. The molecule has 0 unspecified atom stereocenters. The van der Waals surface area contributed by atoms with Crippen molar-refractivity contribution in [3.8, 4) is 0 Å². The van der Waals surface area contributed by atoms with Crippen LogP contribution >= 0.6 is 24.0 Å². The van der Waals surface area contributed by atoms with Gasteiger partial charge in [0.05, 0.1) is 0 Å². The highest BCUT2D eigenvalue weighted by Gasteiger charge is 1.73. The van der Waals surface area contributed by atoms with Gasteiger partial charge in [-0.25, -0.2) is 0 Å². The molecule has 12 heavy (non-hydrogen) atoms. The van der Waals surface area contributed by atoms with Crippen LogP contribution in [0.25, 0.3) is 0 Å². The molecular weight excluding hydrogens is 265 g/mol. The van der Waals surface area contributed by atoms with Gasteiger partial charge >= 0.3 is 0 Å². The van der Waals surface area contributed by atoms with Gasteiger partial charge in [-0.3, -0.25) is 4.98 Å². The van der Waals surface area contributed by atoms with Gasteiger partial charge in [0, 0.05) is 18.1 Å². The Balaban J connectivity index is 0. The average molecular weight is 281 g/mol. The molecule has 0 atom stereocenters. The lowest BCUT2D eigenvalue weighted by atomic mass is 10.4. The fourth-order valence-electron chi connectivity index (χ4n) is 0.363. The van der Waals surface area contributed by atoms with E-state index in [2.05, 4.69) is 4.98 Å². The summed E-state index contributed by atoms with van der Waals surface area (Å²) in [5, 5.41) is 0. The summed E-state index contributed by atoms with van der Waals surface area (Å²) in [7, 11) is 6.00. The van der Waals surface area contributed by atoms with Crippen LogP contribution in [0.3, 0.4) is 0 Å². The summed E-state index contributed by atoms with van der Waals surface area (Å²) >= 11 is 0. The van der Waals surface area contributed by atoms with E-state index in [4.69, 9.17) is 5.73 Å². The number of halogens is 1. The molecule has 0 aliphatic rings. The Kier molecular flexibility index (Phi) is 10.3. The smallest absolute Gasteiger partial charge is 0.0344 e. The average Bonchev–Trinajstić information content (AvgIpc) is 1.87. The number of hydrogen-bond donors (Lipinski definition) is 1. The molecular formula is C8H16IN3. The highest BCUT2D eigenvalue weighted by molar-refractivity contribution is 14.0. The van der Waals surface area contributed by atoms with Crippen LogP contribution in [0.1, 0.15) is 0 Å². The largest absolute Gasteiger partial charge is 0.399 e. The Morgan fingerprint density at radius 1 is 1.17 bits per heavy atom. The molecule has 0 fully saturated rings. The molecule has 0 aliphatic heterocycles. The quantitative estimate of drug-likeness (QED) is 0.732. The van der Waals surface area contributed by atoms with Gasteiger partial charge in [-0.15, -0.1) is 24.0 Å². The summed E-state index contributed by atoms with van der Waals surface area (Å²) in [6, 6.07) is 3.50. The topological polar surface area (TPSA) is 42.1 Å². The summed E-state index contributed by atoms with van der Waals surface area (Å²) in [4.78, 5) is 5.77. The molecule has 0 saturated heterocycles. The van der Waals surface area contributed by atoms with Crippen molar-refractivity contribution in [3.63, 3.8) is 0 Å². The highest BCUT2D eigenvalue weighted by Crippen LogP contribution is 1.92. The number of nitrogens with zero attached hydrogens (tertiary/aromatic N) is 2. The Bertz CT molecular complexity index is 174. The number of aromatic nitrogens is 1. The zero-order valence-electron chi connectivity index (χ0n) is 7.69. The van der Waals surface area contributed by atoms with Crippen LogP contribution in [0.5, 0.6) is 0 Å². The molecule has 0 spiro atoms. The summed E-state index contributed by atoms with van der Waals surface area (Å²) in [5.41, 5.74) is 6.08. The lowest BCUT2D eigenvalue weighted by Crippen LogP contribution is -1.99. The second-order valence-corrected chi connectivity index (χ2v) is 2.62. The van der Waals surface area contributed by atoms with Gasteiger partial charge in [0.1, 0.15) is 0 Å². The number of pyridine rings is 1. The standard InChI is InChI=1S/C5H6N2.C3H9N.HI/c6-5-1-3-7-4-2-5;1-4(2)3;/h1-4H,(H2,6,7);1-3H3;1H. The Morgan fingerprint density at radius 3 is 1.67 bits per heavy atom. The number of nitrogen functional groups attached to an aromatic ring is 1. The third-order valence-corrected chi connectivity index (χ3v) is 0.706. The molecule has 0 amide bonds. The van der Waals surface area contributed by atoms with Crippen molar-refractivity contribution in [2.24, 2.45) is 0 Å². The summed E-state index contributed by atoms with van der Waals surface area (Å²) < 4.78 is 0. The van der Waals surface area contributed by atoms with Crippen molar-refractivity contribution in [1.29, 1.82) is 0 Å². The van der Waals surface area contributed by atoms with Crippen LogP contribution in [0, 0.1) is 0 Å². The maximum atomic E-state index is 5.32. The first kappa shape index (κ1) is 14.2. The normalized spacial score (nSPS) is 8.00. The summed E-state index contributed by atoms with van der Waals surface area (Å²) in [6.07, 6.45) is 3.32. The Hall–Kier alpha value is -0.360. The van der Waals surface area contributed by atoms with E-state index >= 15 is 0 Å². The van der Waals surface area contributed by atoms with E-state index in [-0.39, 0.29) is 24.0 Å². The molecule has 0 aliphatic carbocycles. The van der Waals surface area contributed by atoms with Gasteiger partial charge in [0.15, 0.2) is 0 Å². The fraction of sp³-hybridized carbons (Fsp3) is 0.375. The predicted molar refractivity (Wildman–Crippen MR) is 63.7 cm³/mol. The first-order chi connectivity index (χ1) is 5.13. The van der Waals surface area contributed by atoms with Gasteiger partial charge in [0.25, 0.3) is 0 Å². The highest BCUT2D eigenvalue weighted by atomic mass is 127. The van der Waals surface area contributed by atoms with E-state index in [0.29, 0.717) is 0 Å². The van der Waals surface area contributed by atoms with Crippen molar-refractivity contribution >= 4 is 29.7 Å². The molecule has 70 valence electrons. The van der Waals surface area contributed by atoms with Crippen molar-refractivity contribution in [2.45, 2.75) is 0 Å². The molecule has 0 aromatic carbocycles. The van der Waals surface area contributed by atoms with Gasteiger partial charge in [-0.1, -0.05) is 0 Å². The number of rotatable bonds is 0. The van der Waals surface area contributed by atoms with Crippen LogP contribution < -0.4 is 5.73 Å². The van der Waals surface area contributed by atoms with Gasteiger partial charge in [-0.2, -0.15) is 0 Å². The van der Waals surface area contributed by atoms with Crippen molar-refractivity contribution in [1.82, 2.24) is 9.88 Å². The number of hydrogen-bond acceptors (Lipinski definition) is 3. The van der Waals surface area contributed by atoms with Crippen molar-refractivity contribution < 1.29 is 0 Å². The molecule has 2 N–H and O–H groups in total. The van der Waals surface area contributed by atoms with Crippen LogP contribution in [0.2, 0.25) is 0 Å². The summed E-state index contributed by atoms with van der Waals surface area (Å²) in [6.45, 7) is 0. The lowest BCUT2D eigenvalue weighted by Gasteiger charge is -1.90. The maximum absolute atomic E-state index is 5.32. The van der Waals surface area contributed by atoms with Crippen LogP contribution in [-0.2, 0) is 0 Å². The molecule has 1 heterocycles. The zero-order chi connectivity index (χ0) is 8.69. The zero-order valence-corrected chi connectivity index (χ0v) is 10.0. The minimum atomic E-state index is 0. The number of anilines is 1. The van der Waals surface area contributed by atoms with Gasteiger partial charge in [-0.05, 0) is 33.3 Å². The van der Waals surface area contributed by atoms with E-state index in [1.165, 1.54) is 0 Å². The molecule has 0 bridgehead atoms. The lowest BCUT2D eigenvalue weighted by molar-refractivity contribution is 0.505. The molecule has 0 saturated carbocycles. The van der Waals surface area contributed by atoms with E-state index in [0.717, 1.165) is 5.69 Å². The second-order valence-electron chi connectivity index (χ2n) is 2.62. The minimum absolute atomic E-state index is 0. The van der Waals surface area contributed by atoms with E-state index in [9.17, 15) is 0 Å². The molecule has 4 heteroatoms. The van der Waals surface area contributed by atoms with Crippen molar-refractivity contribution in [2.75, 3.05) is 26.9 Å². The molecule has 0 radical (unpaired) electrons.